The fourth-order valence-corrected chi connectivity index (χ4v) is 2.39. The summed E-state index contributed by atoms with van der Waals surface area (Å²) in [6.45, 7) is 0.562. The molecule has 0 saturated carbocycles. The number of aromatic nitrogens is 1. The normalized spacial score (nSPS) is 16.9. The van der Waals surface area contributed by atoms with Crippen molar-refractivity contribution in [1.29, 1.82) is 0 Å². The zero-order valence-corrected chi connectivity index (χ0v) is 10.8. The van der Waals surface area contributed by atoms with Crippen LogP contribution < -0.4 is 14.5 Å². The van der Waals surface area contributed by atoms with Gasteiger partial charge in [-0.1, -0.05) is 0 Å². The van der Waals surface area contributed by atoms with Crippen LogP contribution in [-0.2, 0) is 4.74 Å². The highest BCUT2D eigenvalue weighted by Gasteiger charge is 2.23. The first-order chi connectivity index (χ1) is 9.33. The topological polar surface area (TPSA) is 58.9 Å². The number of esters is 1. The van der Waals surface area contributed by atoms with E-state index >= 15 is 0 Å². The largest absolute Gasteiger partial charge is 0.485 e. The number of hydrogen-bond donors (Lipinski definition) is 0. The summed E-state index contributed by atoms with van der Waals surface area (Å²) in [5.41, 5.74) is 0.506. The first-order valence-corrected chi connectivity index (χ1v) is 6.76. The smallest absolute Gasteiger partial charge is 0.338 e. The van der Waals surface area contributed by atoms with Gasteiger partial charge in [0.15, 0.2) is 30.0 Å². The fraction of sp³-hybridized carbons (Fsp3) is 0.231. The van der Waals surface area contributed by atoms with Crippen LogP contribution in [0, 0.1) is 0 Å². The molecule has 1 unspecified atom stereocenters. The van der Waals surface area contributed by atoms with Crippen molar-refractivity contribution < 1.29 is 24.0 Å². The average molecular weight is 278 g/mol. The standard InChI is InChI=1S/C13H11NO4S/c15-13(9-1-3-14-4-2-9)17-6-10-5-16-11-7-19-8-12(11)18-10/h1-4,7-8,10H,5-6H2/p+1. The maximum atomic E-state index is 11.8. The molecule has 0 aliphatic carbocycles. The van der Waals surface area contributed by atoms with Crippen molar-refractivity contribution >= 4 is 17.3 Å². The van der Waals surface area contributed by atoms with Gasteiger partial charge in [-0.2, -0.15) is 0 Å². The molecule has 3 rings (SSSR count). The molecule has 1 N–H and O–H groups in total. The van der Waals surface area contributed by atoms with Crippen LogP contribution in [-0.4, -0.2) is 25.3 Å². The van der Waals surface area contributed by atoms with Gasteiger partial charge in [0.05, 0.1) is 5.56 Å². The lowest BCUT2D eigenvalue weighted by Crippen LogP contribution is -2.33. The minimum absolute atomic E-state index is 0.173. The Morgan fingerprint density at radius 3 is 3.00 bits per heavy atom. The number of carbonyl (C=O) groups is 1. The maximum Gasteiger partial charge on any atom is 0.338 e. The van der Waals surface area contributed by atoms with Crippen LogP contribution in [0.3, 0.4) is 0 Å². The fourth-order valence-electron chi connectivity index (χ4n) is 1.72. The van der Waals surface area contributed by atoms with Gasteiger partial charge in [-0.05, 0) is 0 Å². The van der Waals surface area contributed by atoms with E-state index in [-0.39, 0.29) is 18.7 Å². The van der Waals surface area contributed by atoms with Gasteiger partial charge in [-0.15, -0.1) is 11.3 Å². The van der Waals surface area contributed by atoms with Crippen LogP contribution in [0.2, 0.25) is 0 Å². The molecule has 19 heavy (non-hydrogen) atoms. The Morgan fingerprint density at radius 2 is 2.16 bits per heavy atom. The molecular formula is C13H12NO4S+. The van der Waals surface area contributed by atoms with Crippen molar-refractivity contribution in [2.24, 2.45) is 0 Å². The zero-order valence-electron chi connectivity index (χ0n) is 10.00. The van der Waals surface area contributed by atoms with Crippen molar-refractivity contribution in [3.05, 3.63) is 40.8 Å². The molecule has 2 aromatic heterocycles. The number of aromatic amines is 1. The van der Waals surface area contributed by atoms with Crippen LogP contribution in [0.5, 0.6) is 11.5 Å². The van der Waals surface area contributed by atoms with Crippen molar-refractivity contribution in [1.82, 2.24) is 0 Å². The first kappa shape index (κ1) is 12.0. The molecule has 0 spiro atoms. The molecule has 6 heteroatoms. The van der Waals surface area contributed by atoms with Crippen LogP contribution in [0.4, 0.5) is 0 Å². The molecule has 3 heterocycles. The average Bonchev–Trinajstić information content (AvgIpc) is 2.93. The van der Waals surface area contributed by atoms with Gasteiger partial charge in [0.1, 0.15) is 13.2 Å². The second-order valence-electron chi connectivity index (χ2n) is 4.04. The number of nitrogens with one attached hydrogen (secondary N) is 1. The summed E-state index contributed by atoms with van der Waals surface area (Å²) in [6.07, 6.45) is 3.09. The molecule has 5 nitrogen and oxygen atoms in total. The number of pyridine rings is 1. The lowest BCUT2D eigenvalue weighted by atomic mass is 10.3. The Balaban J connectivity index is 1.55. The first-order valence-electron chi connectivity index (χ1n) is 5.82. The Morgan fingerprint density at radius 1 is 1.37 bits per heavy atom. The molecule has 0 radical (unpaired) electrons. The summed E-state index contributed by atoms with van der Waals surface area (Å²) < 4.78 is 16.4. The second-order valence-corrected chi connectivity index (χ2v) is 4.78. The number of carbonyl (C=O) groups excluding carboxylic acids is 1. The summed E-state index contributed by atoms with van der Waals surface area (Å²) in [5.74, 6) is 1.10. The molecule has 2 aromatic rings. The van der Waals surface area contributed by atoms with Gasteiger partial charge in [0, 0.05) is 22.9 Å². The molecule has 1 aliphatic heterocycles. The summed E-state index contributed by atoms with van der Waals surface area (Å²) in [5, 5.41) is 3.76. The summed E-state index contributed by atoms with van der Waals surface area (Å²) in [4.78, 5) is 14.6. The van der Waals surface area contributed by atoms with E-state index in [0.29, 0.717) is 17.9 Å². The predicted molar refractivity (Wildman–Crippen MR) is 67.5 cm³/mol. The maximum absolute atomic E-state index is 11.8. The van der Waals surface area contributed by atoms with E-state index in [1.165, 1.54) is 11.3 Å². The van der Waals surface area contributed by atoms with Crippen molar-refractivity contribution in [3.8, 4) is 11.5 Å². The Bertz CT molecular complexity index is 569. The van der Waals surface area contributed by atoms with E-state index in [0.717, 1.165) is 5.75 Å². The lowest BCUT2D eigenvalue weighted by Gasteiger charge is -2.23. The van der Waals surface area contributed by atoms with Crippen LogP contribution in [0.1, 0.15) is 10.4 Å². The second kappa shape index (κ2) is 5.27. The number of ether oxygens (including phenoxy) is 3. The molecule has 1 aliphatic rings. The molecule has 1 atom stereocenters. The van der Waals surface area contributed by atoms with Crippen molar-refractivity contribution in [2.45, 2.75) is 6.10 Å². The minimum atomic E-state index is -0.367. The zero-order chi connectivity index (χ0) is 13.1. The van der Waals surface area contributed by atoms with Gasteiger partial charge in [0.2, 0.25) is 0 Å². The van der Waals surface area contributed by atoms with E-state index in [9.17, 15) is 4.79 Å². The van der Waals surface area contributed by atoms with E-state index in [2.05, 4.69) is 4.98 Å². The molecule has 0 saturated heterocycles. The van der Waals surface area contributed by atoms with E-state index in [4.69, 9.17) is 14.2 Å². The Hall–Kier alpha value is -2.08. The van der Waals surface area contributed by atoms with Gasteiger partial charge >= 0.3 is 5.97 Å². The summed E-state index contributed by atoms with van der Waals surface area (Å²) in [7, 11) is 0. The third kappa shape index (κ3) is 2.68. The molecule has 0 amide bonds. The van der Waals surface area contributed by atoms with Gasteiger partial charge < -0.3 is 14.2 Å². The highest BCUT2D eigenvalue weighted by Crippen LogP contribution is 2.35. The monoisotopic (exact) mass is 278 g/mol. The molecule has 0 bridgehead atoms. The van der Waals surface area contributed by atoms with Crippen LogP contribution in [0.15, 0.2) is 35.3 Å². The SMILES string of the molecule is O=C(OCC1COc2cscc2O1)c1cc[nH+]cc1. The highest BCUT2D eigenvalue weighted by molar-refractivity contribution is 7.08. The summed E-state index contributed by atoms with van der Waals surface area (Å²) in [6, 6.07) is 3.33. The van der Waals surface area contributed by atoms with E-state index in [1.807, 2.05) is 10.8 Å². The van der Waals surface area contributed by atoms with Crippen molar-refractivity contribution in [3.63, 3.8) is 0 Å². The molecular weight excluding hydrogens is 266 g/mol. The van der Waals surface area contributed by atoms with Gasteiger partial charge in [-0.3, -0.25) is 0 Å². The molecule has 98 valence electrons. The quantitative estimate of drug-likeness (QED) is 0.799. The minimum Gasteiger partial charge on any atom is -0.485 e. The predicted octanol–water partition coefficient (Wildman–Crippen LogP) is 1.56. The summed E-state index contributed by atoms with van der Waals surface area (Å²) >= 11 is 1.52. The number of hydrogen-bond acceptors (Lipinski definition) is 5. The van der Waals surface area contributed by atoms with Crippen LogP contribution in [0.25, 0.3) is 0 Å². The highest BCUT2D eigenvalue weighted by atomic mass is 32.1. The van der Waals surface area contributed by atoms with E-state index in [1.54, 1.807) is 24.5 Å². The van der Waals surface area contributed by atoms with Crippen molar-refractivity contribution in [2.75, 3.05) is 13.2 Å². The van der Waals surface area contributed by atoms with E-state index < -0.39 is 0 Å². The lowest BCUT2D eigenvalue weighted by molar-refractivity contribution is -0.378. The van der Waals surface area contributed by atoms with Crippen LogP contribution >= 0.6 is 11.3 Å². The third-order valence-corrected chi connectivity index (χ3v) is 3.37. The van der Waals surface area contributed by atoms with Gasteiger partial charge in [-0.25, -0.2) is 9.78 Å². The third-order valence-electron chi connectivity index (χ3n) is 2.67. The number of H-pyrrole nitrogens is 1. The Kier molecular flexibility index (Phi) is 3.33. The number of fused-ring (bicyclic) bond motifs is 1. The number of thiophene rings is 1. The Labute approximate surface area is 113 Å². The number of rotatable bonds is 3. The molecule has 0 fully saturated rings. The molecule has 0 aromatic carbocycles. The van der Waals surface area contributed by atoms with Gasteiger partial charge in [0.25, 0.3) is 0 Å².